The molecule has 1 aromatic carbocycles. The summed E-state index contributed by atoms with van der Waals surface area (Å²) in [5.74, 6) is -0.236. The van der Waals surface area contributed by atoms with Crippen molar-refractivity contribution in [1.29, 1.82) is 0 Å². The molecular formula is C10H11BO2. The fraction of sp³-hybridized carbons (Fsp3) is 0.300. The van der Waals surface area contributed by atoms with Gasteiger partial charge in [-0.25, -0.2) is 0 Å². The van der Waals surface area contributed by atoms with E-state index in [1.807, 2.05) is 18.2 Å². The molecule has 3 heteroatoms. The van der Waals surface area contributed by atoms with Crippen molar-refractivity contribution in [2.45, 2.75) is 13.3 Å². The van der Waals surface area contributed by atoms with E-state index >= 15 is 0 Å². The summed E-state index contributed by atoms with van der Waals surface area (Å²) in [6.07, 6.45) is 0.251. The van der Waals surface area contributed by atoms with E-state index in [0.717, 1.165) is 5.56 Å². The minimum Gasteiger partial charge on any atom is -0.466 e. The summed E-state index contributed by atoms with van der Waals surface area (Å²) in [6.45, 7) is 2.19. The van der Waals surface area contributed by atoms with E-state index in [4.69, 9.17) is 12.6 Å². The second kappa shape index (κ2) is 4.70. The molecule has 0 saturated carbocycles. The zero-order chi connectivity index (χ0) is 9.68. The molecule has 0 bridgehead atoms. The summed E-state index contributed by atoms with van der Waals surface area (Å²) >= 11 is 0. The number of carbonyl (C=O) groups is 1. The summed E-state index contributed by atoms with van der Waals surface area (Å²) in [5, 5.41) is 0. The molecule has 13 heavy (non-hydrogen) atoms. The van der Waals surface area contributed by atoms with Crippen molar-refractivity contribution in [3.8, 4) is 0 Å². The topological polar surface area (TPSA) is 26.3 Å². The van der Waals surface area contributed by atoms with Crippen LogP contribution >= 0.6 is 0 Å². The maximum atomic E-state index is 11.1. The van der Waals surface area contributed by atoms with Gasteiger partial charge in [-0.05, 0) is 12.5 Å². The van der Waals surface area contributed by atoms with Gasteiger partial charge in [0, 0.05) is 0 Å². The van der Waals surface area contributed by atoms with Gasteiger partial charge in [-0.3, -0.25) is 4.79 Å². The highest BCUT2D eigenvalue weighted by molar-refractivity contribution is 6.33. The molecule has 0 aliphatic rings. The predicted octanol–water partition coefficient (Wildman–Crippen LogP) is 0.586. The Morgan fingerprint density at radius 3 is 2.77 bits per heavy atom. The maximum Gasteiger partial charge on any atom is 0.310 e. The number of esters is 1. The number of rotatable bonds is 3. The van der Waals surface area contributed by atoms with E-state index in [1.54, 1.807) is 13.0 Å². The number of ether oxygens (including phenoxy) is 1. The molecule has 1 aromatic rings. The summed E-state index contributed by atoms with van der Waals surface area (Å²) in [7, 11) is 5.66. The summed E-state index contributed by atoms with van der Waals surface area (Å²) in [5.41, 5.74) is 1.46. The Morgan fingerprint density at radius 1 is 1.46 bits per heavy atom. The average molecular weight is 174 g/mol. The molecule has 0 atom stereocenters. The van der Waals surface area contributed by atoms with Crippen molar-refractivity contribution in [1.82, 2.24) is 0 Å². The van der Waals surface area contributed by atoms with E-state index in [1.165, 1.54) is 0 Å². The lowest BCUT2D eigenvalue weighted by Gasteiger charge is -2.04. The molecule has 2 radical (unpaired) electrons. The van der Waals surface area contributed by atoms with E-state index in [-0.39, 0.29) is 12.4 Å². The zero-order valence-electron chi connectivity index (χ0n) is 7.62. The van der Waals surface area contributed by atoms with Gasteiger partial charge in [0.15, 0.2) is 0 Å². The van der Waals surface area contributed by atoms with Crippen molar-refractivity contribution >= 4 is 19.3 Å². The molecule has 0 saturated heterocycles. The van der Waals surface area contributed by atoms with Gasteiger partial charge in [-0.1, -0.05) is 29.7 Å². The maximum absolute atomic E-state index is 11.1. The molecular weight excluding hydrogens is 163 g/mol. The van der Waals surface area contributed by atoms with Crippen molar-refractivity contribution in [3.05, 3.63) is 29.8 Å². The minimum atomic E-state index is -0.236. The van der Waals surface area contributed by atoms with Crippen molar-refractivity contribution in [2.24, 2.45) is 0 Å². The Morgan fingerprint density at radius 2 is 2.15 bits per heavy atom. The van der Waals surface area contributed by atoms with Gasteiger partial charge in [0.25, 0.3) is 0 Å². The zero-order valence-corrected chi connectivity index (χ0v) is 7.62. The summed E-state index contributed by atoms with van der Waals surface area (Å²) < 4.78 is 4.81. The molecule has 0 heterocycles. The van der Waals surface area contributed by atoms with Crippen LogP contribution in [0.1, 0.15) is 12.5 Å². The first-order chi connectivity index (χ1) is 6.24. The van der Waals surface area contributed by atoms with Crippen LogP contribution in [0.25, 0.3) is 0 Å². The highest BCUT2D eigenvalue weighted by Crippen LogP contribution is 1.97. The second-order valence-corrected chi connectivity index (χ2v) is 2.68. The summed E-state index contributed by atoms with van der Waals surface area (Å²) in [4.78, 5) is 11.1. The molecule has 0 N–H and O–H groups in total. The fourth-order valence-corrected chi connectivity index (χ4v) is 1.06. The standard InChI is InChI=1S/C10H11BO2/c1-2-13-10(12)7-8-5-3-4-6-9(8)11/h3-6H,2,7H2,1H3. The average Bonchev–Trinajstić information content (AvgIpc) is 2.09. The van der Waals surface area contributed by atoms with Gasteiger partial charge in [0.05, 0.1) is 13.0 Å². The van der Waals surface area contributed by atoms with Gasteiger partial charge in [-0.2, -0.15) is 0 Å². The molecule has 0 aliphatic heterocycles. The lowest BCUT2D eigenvalue weighted by molar-refractivity contribution is -0.142. The van der Waals surface area contributed by atoms with Crippen molar-refractivity contribution in [2.75, 3.05) is 6.61 Å². The van der Waals surface area contributed by atoms with Crippen LogP contribution in [0, 0.1) is 0 Å². The first kappa shape index (κ1) is 9.84. The lowest BCUT2D eigenvalue weighted by Crippen LogP contribution is -2.16. The van der Waals surface area contributed by atoms with Crippen LogP contribution in [0.4, 0.5) is 0 Å². The van der Waals surface area contributed by atoms with Crippen LogP contribution in [0.2, 0.25) is 0 Å². The number of carbonyl (C=O) groups excluding carboxylic acids is 1. The molecule has 0 spiro atoms. The Hall–Kier alpha value is -1.25. The van der Waals surface area contributed by atoms with Gasteiger partial charge < -0.3 is 4.74 Å². The highest BCUT2D eigenvalue weighted by atomic mass is 16.5. The van der Waals surface area contributed by atoms with Crippen LogP contribution in [-0.4, -0.2) is 20.4 Å². The van der Waals surface area contributed by atoms with Gasteiger partial charge >= 0.3 is 5.97 Å². The molecule has 0 amide bonds. The van der Waals surface area contributed by atoms with Crippen molar-refractivity contribution < 1.29 is 9.53 Å². The third kappa shape index (κ3) is 2.94. The van der Waals surface area contributed by atoms with Crippen molar-refractivity contribution in [3.63, 3.8) is 0 Å². The van der Waals surface area contributed by atoms with Crippen LogP contribution in [0.15, 0.2) is 24.3 Å². The molecule has 1 rings (SSSR count). The van der Waals surface area contributed by atoms with Crippen LogP contribution in [0.3, 0.4) is 0 Å². The number of hydrogen-bond donors (Lipinski definition) is 0. The number of hydrogen-bond acceptors (Lipinski definition) is 2. The van der Waals surface area contributed by atoms with Crippen LogP contribution < -0.4 is 5.46 Å². The second-order valence-electron chi connectivity index (χ2n) is 2.68. The van der Waals surface area contributed by atoms with E-state index < -0.39 is 0 Å². The van der Waals surface area contributed by atoms with E-state index in [0.29, 0.717) is 12.1 Å². The van der Waals surface area contributed by atoms with Crippen LogP contribution in [0.5, 0.6) is 0 Å². The van der Waals surface area contributed by atoms with Gasteiger partial charge in [0.1, 0.15) is 7.85 Å². The molecule has 2 nitrogen and oxygen atoms in total. The molecule has 66 valence electrons. The monoisotopic (exact) mass is 174 g/mol. The lowest BCUT2D eigenvalue weighted by atomic mass is 9.89. The minimum absolute atomic E-state index is 0.236. The van der Waals surface area contributed by atoms with Gasteiger partial charge in [-0.15, -0.1) is 0 Å². The van der Waals surface area contributed by atoms with Crippen LogP contribution in [-0.2, 0) is 16.0 Å². The Bertz CT molecular complexity index is 297. The molecule has 0 fully saturated rings. The first-order valence-electron chi connectivity index (χ1n) is 4.23. The third-order valence-corrected chi connectivity index (χ3v) is 1.70. The fourth-order valence-electron chi connectivity index (χ4n) is 1.06. The smallest absolute Gasteiger partial charge is 0.310 e. The normalized spacial score (nSPS) is 9.62. The predicted molar refractivity (Wildman–Crippen MR) is 52.2 cm³/mol. The largest absolute Gasteiger partial charge is 0.466 e. The quantitative estimate of drug-likeness (QED) is 0.495. The highest BCUT2D eigenvalue weighted by Gasteiger charge is 2.04. The SMILES string of the molecule is [B]c1ccccc1CC(=O)OCC. The molecule has 0 unspecified atom stereocenters. The molecule has 0 aromatic heterocycles. The third-order valence-electron chi connectivity index (χ3n) is 1.70. The number of benzene rings is 1. The first-order valence-corrected chi connectivity index (χ1v) is 4.23. The van der Waals surface area contributed by atoms with E-state index in [2.05, 4.69) is 0 Å². The van der Waals surface area contributed by atoms with Gasteiger partial charge in [0.2, 0.25) is 0 Å². The molecule has 0 aliphatic carbocycles. The Balaban J connectivity index is 2.63. The Labute approximate surface area is 79.3 Å². The van der Waals surface area contributed by atoms with E-state index in [9.17, 15) is 4.79 Å². The Kier molecular flexibility index (Phi) is 3.56. The summed E-state index contributed by atoms with van der Waals surface area (Å²) in [6, 6.07) is 7.29.